The Hall–Kier alpha value is -4.97. The van der Waals surface area contributed by atoms with E-state index in [1.165, 1.54) is 6.42 Å². The van der Waals surface area contributed by atoms with E-state index in [9.17, 15) is 9.18 Å². The molecule has 4 aromatic rings. The SMILES string of the molecule is CC(C)(C)/C(N)=C/C(=Nc1ccc(CN2CCC(F)CC2)cc1)NC(=O)N[C@H]1CC[C@@H](Oc2ccc3nnc(N4CCCCC4)n3c2)c2ccccc21. The number of benzene rings is 2. The fourth-order valence-electron chi connectivity index (χ4n) is 7.33. The molecule has 2 aromatic carbocycles. The van der Waals surface area contributed by atoms with Gasteiger partial charge in [-0.05, 0) is 85.9 Å². The first-order valence-corrected chi connectivity index (χ1v) is 19.0. The van der Waals surface area contributed by atoms with Crippen LogP contribution < -0.4 is 26.0 Å². The maximum absolute atomic E-state index is 13.6. The molecule has 0 saturated carbocycles. The van der Waals surface area contributed by atoms with Gasteiger partial charge in [0.1, 0.15) is 23.9 Å². The molecule has 0 unspecified atom stereocenters. The summed E-state index contributed by atoms with van der Waals surface area (Å²) in [6.45, 7) is 10.3. The second-order valence-corrected chi connectivity index (χ2v) is 15.6. The van der Waals surface area contributed by atoms with E-state index in [0.29, 0.717) is 36.5 Å². The summed E-state index contributed by atoms with van der Waals surface area (Å²) < 4.78 is 22.3. The van der Waals surface area contributed by atoms with Gasteiger partial charge < -0.3 is 20.7 Å². The van der Waals surface area contributed by atoms with Crippen molar-refractivity contribution in [1.29, 1.82) is 0 Å². The predicted molar refractivity (Wildman–Crippen MR) is 207 cm³/mol. The van der Waals surface area contributed by atoms with Crippen molar-refractivity contribution in [3.05, 3.63) is 95.3 Å². The van der Waals surface area contributed by atoms with Crippen LogP contribution in [0.1, 0.15) is 94.6 Å². The number of aromatic nitrogens is 3. The molecular weight excluding hydrogens is 670 g/mol. The number of alkyl halides is 1. The molecule has 3 aliphatic rings. The first-order chi connectivity index (χ1) is 25.6. The van der Waals surface area contributed by atoms with Gasteiger partial charge in [-0.15, -0.1) is 10.2 Å². The molecule has 1 aliphatic carbocycles. The van der Waals surface area contributed by atoms with Crippen LogP contribution in [0.3, 0.4) is 0 Å². The number of halogens is 1. The highest BCUT2D eigenvalue weighted by Gasteiger charge is 2.30. The number of nitrogens with two attached hydrogens (primary N) is 1. The van der Waals surface area contributed by atoms with Gasteiger partial charge in [0.2, 0.25) is 5.95 Å². The standard InChI is InChI=1S/C41H52FN9O2/c1-41(2,3)36(43)25-37(44-30-13-11-28(12-14-30)26-49-23-19-29(42)20-24-49)46-39(52)45-34-16-17-35(33-10-6-5-9-32(33)34)53-31-15-18-38-47-48-40(51(38)27-31)50-21-7-4-8-22-50/h5-6,9-15,18,25,27,29,34-35H,4,7-8,16-17,19-24,26,43H2,1-3H3,(H2,44,45,46,52)/b36-25-/t34-,35+/m0/s1. The zero-order chi connectivity index (χ0) is 37.0. The molecule has 2 atom stereocenters. The Balaban J connectivity index is 1.04. The summed E-state index contributed by atoms with van der Waals surface area (Å²) in [5.41, 5.74) is 11.4. The molecule has 2 fully saturated rings. The van der Waals surface area contributed by atoms with E-state index in [1.54, 1.807) is 6.08 Å². The smallest absolute Gasteiger partial charge is 0.320 e. The van der Waals surface area contributed by atoms with Crippen LogP contribution in [-0.2, 0) is 6.54 Å². The van der Waals surface area contributed by atoms with Crippen LogP contribution in [-0.4, -0.2) is 63.7 Å². The zero-order valence-electron chi connectivity index (χ0n) is 31.1. The maximum atomic E-state index is 13.6. The summed E-state index contributed by atoms with van der Waals surface area (Å²) in [5, 5.41) is 15.0. The molecular formula is C41H52FN9O2. The number of nitrogens with one attached hydrogen (secondary N) is 2. The lowest BCUT2D eigenvalue weighted by molar-refractivity contribution is 0.145. The molecule has 2 amide bonds. The highest BCUT2D eigenvalue weighted by Crippen LogP contribution is 2.39. The number of fused-ring (bicyclic) bond motifs is 2. The summed E-state index contributed by atoms with van der Waals surface area (Å²) in [6, 6.07) is 19.4. The van der Waals surface area contributed by atoms with Gasteiger partial charge in [-0.1, -0.05) is 57.2 Å². The van der Waals surface area contributed by atoms with E-state index in [0.717, 1.165) is 86.0 Å². The number of ether oxygens (including phenoxy) is 1. The van der Waals surface area contributed by atoms with E-state index in [1.807, 2.05) is 79.9 Å². The van der Waals surface area contributed by atoms with Crippen LogP contribution >= 0.6 is 0 Å². The van der Waals surface area contributed by atoms with Crippen LogP contribution in [0.5, 0.6) is 5.75 Å². The number of piperidine rings is 2. The van der Waals surface area contributed by atoms with Gasteiger partial charge in [-0.25, -0.2) is 14.2 Å². The number of allylic oxidation sites excluding steroid dienone is 1. The Labute approximate surface area is 311 Å². The molecule has 4 heterocycles. The lowest BCUT2D eigenvalue weighted by Gasteiger charge is -2.32. The number of nitrogens with zero attached hydrogens (tertiary/aromatic N) is 6. The average molecular weight is 722 g/mol. The molecule has 4 N–H and O–H groups in total. The number of urea groups is 1. The van der Waals surface area contributed by atoms with Crippen LogP contribution in [0.15, 0.2) is 83.6 Å². The maximum Gasteiger partial charge on any atom is 0.320 e. The Morgan fingerprint density at radius 2 is 1.68 bits per heavy atom. The number of aliphatic imine (C=N–C) groups is 1. The first-order valence-electron chi connectivity index (χ1n) is 19.0. The Kier molecular flexibility index (Phi) is 11.0. The number of rotatable bonds is 8. The third-order valence-corrected chi connectivity index (χ3v) is 10.5. The van der Waals surface area contributed by atoms with Crippen molar-refractivity contribution >= 4 is 29.1 Å². The second kappa shape index (κ2) is 16.0. The van der Waals surface area contributed by atoms with Crippen molar-refractivity contribution in [2.24, 2.45) is 16.1 Å². The summed E-state index contributed by atoms with van der Waals surface area (Å²) in [7, 11) is 0. The van der Waals surface area contributed by atoms with Crippen molar-refractivity contribution in [2.75, 3.05) is 31.1 Å². The van der Waals surface area contributed by atoms with Crippen LogP contribution in [0.2, 0.25) is 0 Å². The molecule has 53 heavy (non-hydrogen) atoms. The zero-order valence-corrected chi connectivity index (χ0v) is 31.1. The summed E-state index contributed by atoms with van der Waals surface area (Å²) in [4.78, 5) is 23.0. The molecule has 0 spiro atoms. The average Bonchev–Trinajstić information content (AvgIpc) is 3.58. The van der Waals surface area contributed by atoms with Gasteiger partial charge in [0.15, 0.2) is 5.65 Å². The molecule has 7 rings (SSSR count). The van der Waals surface area contributed by atoms with Gasteiger partial charge >= 0.3 is 6.03 Å². The van der Waals surface area contributed by atoms with Crippen LogP contribution in [0.25, 0.3) is 5.65 Å². The van der Waals surface area contributed by atoms with Crippen molar-refractivity contribution < 1.29 is 13.9 Å². The molecule has 2 aromatic heterocycles. The van der Waals surface area contributed by atoms with E-state index >= 15 is 0 Å². The summed E-state index contributed by atoms with van der Waals surface area (Å²) >= 11 is 0. The number of anilines is 1. The number of hydrogen-bond acceptors (Lipinski definition) is 8. The minimum atomic E-state index is -0.691. The second-order valence-electron chi connectivity index (χ2n) is 15.6. The van der Waals surface area contributed by atoms with Gasteiger partial charge in [0.25, 0.3) is 0 Å². The fraction of sp³-hybridized carbons (Fsp3) is 0.463. The summed E-state index contributed by atoms with van der Waals surface area (Å²) in [6.07, 6.45) is 9.00. The molecule has 12 heteroatoms. The number of carbonyl (C=O) groups excluding carboxylic acids is 1. The Morgan fingerprint density at radius 1 is 0.943 bits per heavy atom. The normalized spacial score (nSPS) is 20.6. The molecule has 280 valence electrons. The largest absolute Gasteiger partial charge is 0.484 e. The van der Waals surface area contributed by atoms with Crippen LogP contribution in [0.4, 0.5) is 20.8 Å². The number of likely N-dealkylation sites (tertiary alicyclic amines) is 1. The fourth-order valence-corrected chi connectivity index (χ4v) is 7.33. The monoisotopic (exact) mass is 721 g/mol. The third kappa shape index (κ3) is 8.98. The van der Waals surface area contributed by atoms with E-state index in [4.69, 9.17) is 15.5 Å². The molecule has 2 aliphatic heterocycles. The highest BCUT2D eigenvalue weighted by molar-refractivity contribution is 6.05. The molecule has 0 bridgehead atoms. The molecule has 0 radical (unpaired) electrons. The Morgan fingerprint density at radius 3 is 2.42 bits per heavy atom. The van der Waals surface area contributed by atoms with E-state index < -0.39 is 6.17 Å². The predicted octanol–water partition coefficient (Wildman–Crippen LogP) is 7.53. The van der Waals surface area contributed by atoms with E-state index in [2.05, 4.69) is 42.8 Å². The van der Waals surface area contributed by atoms with Gasteiger partial charge in [0, 0.05) is 49.9 Å². The first kappa shape index (κ1) is 36.4. The van der Waals surface area contributed by atoms with E-state index in [-0.39, 0.29) is 23.6 Å². The number of pyridine rings is 1. The number of hydrogen-bond donors (Lipinski definition) is 3. The van der Waals surface area contributed by atoms with Crippen molar-refractivity contribution in [3.8, 4) is 5.75 Å². The molecule has 2 saturated heterocycles. The lowest BCUT2D eigenvalue weighted by atomic mass is 9.85. The Bertz CT molecular complexity index is 1940. The van der Waals surface area contributed by atoms with Crippen LogP contribution in [0, 0.1) is 5.41 Å². The number of carbonyl (C=O) groups is 1. The van der Waals surface area contributed by atoms with Gasteiger partial charge in [-0.3, -0.25) is 14.6 Å². The van der Waals surface area contributed by atoms with Crippen molar-refractivity contribution in [2.45, 2.75) is 90.6 Å². The molecule has 11 nitrogen and oxygen atoms in total. The third-order valence-electron chi connectivity index (χ3n) is 10.5. The highest BCUT2D eigenvalue weighted by atomic mass is 19.1. The number of amidine groups is 1. The van der Waals surface area contributed by atoms with Gasteiger partial charge in [-0.2, -0.15) is 0 Å². The van der Waals surface area contributed by atoms with Crippen molar-refractivity contribution in [1.82, 2.24) is 30.1 Å². The minimum absolute atomic E-state index is 0.176. The van der Waals surface area contributed by atoms with Crippen molar-refractivity contribution in [3.63, 3.8) is 0 Å². The van der Waals surface area contributed by atoms with Gasteiger partial charge in [0.05, 0.1) is 17.9 Å². The lowest BCUT2D eigenvalue weighted by Crippen LogP contribution is -2.42. The number of amides is 2. The summed E-state index contributed by atoms with van der Waals surface area (Å²) in [5.74, 6) is 1.96. The quantitative estimate of drug-likeness (QED) is 0.127. The topological polar surface area (TPSA) is 125 Å². The minimum Gasteiger partial charge on any atom is -0.484 e.